The van der Waals surface area contributed by atoms with E-state index in [2.05, 4.69) is 19.8 Å². The monoisotopic (exact) mass is 525 g/mol. The molecule has 1 fully saturated rings. The van der Waals surface area contributed by atoms with E-state index in [0.29, 0.717) is 24.1 Å². The molecule has 36 heavy (non-hydrogen) atoms. The lowest BCUT2D eigenvalue weighted by Crippen LogP contribution is -2.31. The lowest BCUT2D eigenvalue weighted by atomic mass is 10.1. The first-order chi connectivity index (χ1) is 20.6. The number of benzene rings is 1. The molecule has 0 radical (unpaired) electrons. The molecule has 196 valence electrons. The maximum Gasteiger partial charge on any atom is 0.277 e. The van der Waals surface area contributed by atoms with Crippen LogP contribution in [-0.4, -0.2) is 65.9 Å². The van der Waals surface area contributed by atoms with Gasteiger partial charge in [0.05, 0.1) is 22.8 Å². The summed E-state index contributed by atoms with van der Waals surface area (Å²) in [5, 5.41) is 3.79. The van der Waals surface area contributed by atoms with Crippen LogP contribution in [0, 0.1) is 0 Å². The van der Waals surface area contributed by atoms with Crippen molar-refractivity contribution in [3.63, 3.8) is 0 Å². The number of nitrogens with zero attached hydrogens (tertiary/aromatic N) is 4. The third kappa shape index (κ3) is 5.47. The summed E-state index contributed by atoms with van der Waals surface area (Å²) in [5.74, 6) is -0.211. The minimum Gasteiger partial charge on any atom is -0.493 e. The van der Waals surface area contributed by atoms with Gasteiger partial charge in [0.15, 0.2) is 5.52 Å². The molecule has 4 rings (SSSR count). The van der Waals surface area contributed by atoms with Gasteiger partial charge in [-0.2, -0.15) is 5.10 Å². The third-order valence-electron chi connectivity index (χ3n) is 5.87. The van der Waals surface area contributed by atoms with E-state index in [0.717, 1.165) is 19.4 Å². The highest BCUT2D eigenvalue weighted by molar-refractivity contribution is 7.89. The highest BCUT2D eigenvalue weighted by atomic mass is 32.2. The lowest BCUT2D eigenvalue weighted by Gasteiger charge is -2.19. The normalized spacial score (nSPS) is 22.0. The van der Waals surface area contributed by atoms with Crippen molar-refractivity contribution in [2.24, 2.45) is 6.98 Å². The van der Waals surface area contributed by atoms with Gasteiger partial charge in [-0.05, 0) is 63.8 Å². The Morgan fingerprint density at radius 1 is 1.36 bits per heavy atom. The Labute approximate surface area is 224 Å². The van der Waals surface area contributed by atoms with Gasteiger partial charge in [0.2, 0.25) is 10.0 Å². The molecule has 0 spiro atoms. The number of H-pyrrole nitrogens is 1. The summed E-state index contributed by atoms with van der Waals surface area (Å²) < 4.78 is 108. The van der Waals surface area contributed by atoms with Crippen LogP contribution in [0.1, 0.15) is 63.9 Å². The van der Waals surface area contributed by atoms with Crippen LogP contribution < -0.4 is 15.0 Å². The molecule has 1 aliphatic heterocycles. The van der Waals surface area contributed by atoms with E-state index in [1.54, 1.807) is 7.05 Å². The summed E-state index contributed by atoms with van der Waals surface area (Å²) in [6.07, 6.45) is -5.41. The smallest absolute Gasteiger partial charge is 0.277 e. The van der Waals surface area contributed by atoms with Crippen LogP contribution in [0.15, 0.2) is 27.9 Å². The van der Waals surface area contributed by atoms with Crippen LogP contribution in [0.5, 0.6) is 5.75 Å². The van der Waals surface area contributed by atoms with Crippen LogP contribution in [0.3, 0.4) is 0 Å². The summed E-state index contributed by atoms with van der Waals surface area (Å²) >= 11 is 0. The Morgan fingerprint density at radius 2 is 2.19 bits per heavy atom. The van der Waals surface area contributed by atoms with Crippen molar-refractivity contribution in [1.82, 2.24) is 29.4 Å². The van der Waals surface area contributed by atoms with Gasteiger partial charge in [-0.3, -0.25) is 9.48 Å². The molecule has 0 saturated carbocycles. The van der Waals surface area contributed by atoms with Gasteiger partial charge in [0.25, 0.3) is 5.56 Å². The number of sulfonamides is 1. The fraction of sp³-hybridized carbons (Fsp3) is 0.560. The molecule has 1 aromatic carbocycles. The van der Waals surface area contributed by atoms with E-state index in [9.17, 15) is 13.2 Å². The van der Waals surface area contributed by atoms with Crippen molar-refractivity contribution in [2.45, 2.75) is 63.2 Å². The number of hydrogen-bond acceptors (Lipinski definition) is 7. The second-order valence-corrected chi connectivity index (χ2v) is 10.2. The molecule has 3 aromatic rings. The van der Waals surface area contributed by atoms with Crippen LogP contribution in [0.4, 0.5) is 0 Å². The Morgan fingerprint density at radius 3 is 2.89 bits per heavy atom. The second kappa shape index (κ2) is 11.1. The van der Waals surface area contributed by atoms with Gasteiger partial charge in [-0.1, -0.05) is 20.2 Å². The molecule has 2 N–H and O–H groups in total. The van der Waals surface area contributed by atoms with Crippen molar-refractivity contribution < 1.29 is 25.5 Å². The van der Waals surface area contributed by atoms with E-state index in [1.165, 1.54) is 12.1 Å². The predicted octanol–water partition coefficient (Wildman–Crippen LogP) is 2.83. The van der Waals surface area contributed by atoms with Crippen LogP contribution in [0.2, 0.25) is 0 Å². The van der Waals surface area contributed by atoms with Crippen molar-refractivity contribution in [3.8, 4) is 17.1 Å². The van der Waals surface area contributed by atoms with Gasteiger partial charge in [0, 0.05) is 31.9 Å². The summed E-state index contributed by atoms with van der Waals surface area (Å²) in [6, 6.07) is 3.26. The zero-order valence-electron chi connectivity index (χ0n) is 29.4. The summed E-state index contributed by atoms with van der Waals surface area (Å²) in [5.41, 5.74) is -2.96. The van der Waals surface area contributed by atoms with E-state index in [1.807, 2.05) is 11.8 Å². The maximum atomic E-state index is 13.4. The number of aromatic amines is 1. The molecule has 1 unspecified atom stereocenters. The highest BCUT2D eigenvalue weighted by Gasteiger charge is 2.23. The number of nitrogens with one attached hydrogen (secondary N) is 2. The third-order valence-corrected chi connectivity index (χ3v) is 7.27. The Balaban J connectivity index is 1.87. The van der Waals surface area contributed by atoms with Gasteiger partial charge in [-0.25, -0.2) is 18.1 Å². The molecule has 0 bridgehead atoms. The van der Waals surface area contributed by atoms with Crippen molar-refractivity contribution in [3.05, 3.63) is 34.2 Å². The lowest BCUT2D eigenvalue weighted by molar-refractivity contribution is 0.297. The molecule has 11 heteroatoms. The summed E-state index contributed by atoms with van der Waals surface area (Å²) in [4.78, 5) is 21.6. The largest absolute Gasteiger partial charge is 0.493 e. The molecule has 1 saturated heterocycles. The highest BCUT2D eigenvalue weighted by Crippen LogP contribution is 2.31. The fourth-order valence-electron chi connectivity index (χ4n) is 4.06. The van der Waals surface area contributed by atoms with Gasteiger partial charge in [-0.15, -0.1) is 0 Å². The Hall–Kier alpha value is -2.76. The number of aryl methyl sites for hydroxylation is 2. The fourth-order valence-corrected chi connectivity index (χ4v) is 5.02. The topological polar surface area (TPSA) is 122 Å². The molecule has 0 amide bonds. The van der Waals surface area contributed by atoms with E-state index >= 15 is 0 Å². The summed E-state index contributed by atoms with van der Waals surface area (Å²) in [6.45, 7) is 0.121. The standard InChI is InChI=1S/C25H36N6O4S/c1-5-8-20-22-23(31(4)29-20)25(32)28-24(27-22)19-16-18(10-11-21(19)35-15-6-2)36(33,34)26-13-12-17-9-7-14-30(17)3/h10-11,16-17,26H,5-9,12-15H2,1-4H3,(H,27,28,32)/i4D3,5D2,8D2,12D2. The first kappa shape index (κ1) is 16.9. The molecular weight excluding hydrogens is 480 g/mol. The minimum atomic E-state index is -4.31. The zero-order valence-corrected chi connectivity index (χ0v) is 21.2. The van der Waals surface area contributed by atoms with Crippen LogP contribution in [0.25, 0.3) is 22.4 Å². The maximum absolute atomic E-state index is 13.4. The Bertz CT molecular complexity index is 1740. The molecular formula is C25H36N6O4S. The summed E-state index contributed by atoms with van der Waals surface area (Å²) in [7, 11) is -2.53. The Kier molecular flexibility index (Phi) is 5.21. The number of ether oxygens (including phenoxy) is 1. The first-order valence-electron chi connectivity index (χ1n) is 16.1. The SMILES string of the molecule is [2H]C([2H])(CNS(=O)(=O)c1ccc(OCCC)c(-c2nc3c(C([2H])([2H])C([2H])([2H])C)nn(C([2H])([2H])[2H])c3c(=O)[nH]2)c1)C1CCCN1C. The van der Waals surface area contributed by atoms with E-state index < -0.39 is 71.0 Å². The average molecular weight is 526 g/mol. The number of rotatable bonds is 11. The average Bonchev–Trinajstić information content (AvgIpc) is 3.55. The van der Waals surface area contributed by atoms with Crippen LogP contribution in [-0.2, 0) is 23.4 Å². The van der Waals surface area contributed by atoms with Gasteiger partial charge in [0.1, 0.15) is 17.1 Å². The van der Waals surface area contributed by atoms with Crippen molar-refractivity contribution in [1.29, 1.82) is 0 Å². The van der Waals surface area contributed by atoms with Gasteiger partial charge >= 0.3 is 0 Å². The van der Waals surface area contributed by atoms with E-state index in [4.69, 9.17) is 17.1 Å². The number of likely N-dealkylation sites (tertiary alicyclic amines) is 1. The second-order valence-electron chi connectivity index (χ2n) is 8.42. The molecule has 2 aromatic heterocycles. The molecule has 1 aliphatic rings. The van der Waals surface area contributed by atoms with Crippen LogP contribution >= 0.6 is 0 Å². The molecule has 1 atom stereocenters. The zero-order chi connectivity index (χ0) is 33.8. The van der Waals surface area contributed by atoms with Gasteiger partial charge < -0.3 is 14.6 Å². The number of fused-ring (bicyclic) bond motifs is 1. The number of aromatic nitrogens is 4. The molecule has 10 nitrogen and oxygen atoms in total. The predicted molar refractivity (Wildman–Crippen MR) is 140 cm³/mol. The molecule has 0 aliphatic carbocycles. The van der Waals surface area contributed by atoms with Crippen molar-refractivity contribution >= 4 is 21.1 Å². The van der Waals surface area contributed by atoms with E-state index in [-0.39, 0.29) is 28.6 Å². The first-order valence-corrected chi connectivity index (χ1v) is 13.1. The quantitative estimate of drug-likeness (QED) is 0.395. The van der Waals surface area contributed by atoms with Crippen molar-refractivity contribution in [2.75, 3.05) is 26.7 Å². The number of hydrogen-bond donors (Lipinski definition) is 2. The molecule has 3 heterocycles. The minimum absolute atomic E-state index is 0.0449.